The van der Waals surface area contributed by atoms with Crippen molar-refractivity contribution in [1.29, 1.82) is 0 Å². The lowest BCUT2D eigenvalue weighted by molar-refractivity contribution is -0.384. The van der Waals surface area contributed by atoms with E-state index in [0.717, 1.165) is 30.0 Å². The summed E-state index contributed by atoms with van der Waals surface area (Å²) in [6, 6.07) is 7.18. The fraction of sp³-hybridized carbons (Fsp3) is 0.0714. The molecule has 0 aliphatic heterocycles. The first-order valence-electron chi connectivity index (χ1n) is 6.18. The number of carbonyl (C=O) groups excluding carboxylic acids is 1. The number of nitro benzene ring substituents is 1. The van der Waals surface area contributed by atoms with E-state index in [2.05, 4.69) is 5.32 Å². The number of hydrogen-bond donors (Lipinski definition) is 1. The van der Waals surface area contributed by atoms with Crippen molar-refractivity contribution in [3.8, 4) is 0 Å². The van der Waals surface area contributed by atoms with E-state index < -0.39 is 22.5 Å². The van der Waals surface area contributed by atoms with Crippen LogP contribution in [0.2, 0.25) is 5.02 Å². The smallest absolute Gasteiger partial charge is 0.289 e. The fourth-order valence-corrected chi connectivity index (χ4v) is 2.55. The molecule has 0 unspecified atom stereocenters. The molecule has 0 atom stereocenters. The van der Waals surface area contributed by atoms with Gasteiger partial charge in [-0.3, -0.25) is 14.9 Å². The quantitative estimate of drug-likeness (QED) is 0.492. The fourth-order valence-electron chi connectivity index (χ4n) is 1.64. The van der Waals surface area contributed by atoms with Gasteiger partial charge in [0.2, 0.25) is 5.91 Å². The molecule has 2 aromatic carbocycles. The number of halogens is 3. The molecule has 0 bridgehead atoms. The van der Waals surface area contributed by atoms with Gasteiger partial charge in [0.1, 0.15) is 5.02 Å². The first-order chi connectivity index (χ1) is 10.9. The van der Waals surface area contributed by atoms with Crippen molar-refractivity contribution in [3.05, 3.63) is 63.2 Å². The summed E-state index contributed by atoms with van der Waals surface area (Å²) in [4.78, 5) is 22.3. The summed E-state index contributed by atoms with van der Waals surface area (Å²) < 4.78 is 25.8. The predicted molar refractivity (Wildman–Crippen MR) is 83.8 cm³/mol. The van der Waals surface area contributed by atoms with Crippen LogP contribution in [-0.4, -0.2) is 16.6 Å². The minimum atomic E-state index is -0.997. The number of benzene rings is 2. The summed E-state index contributed by atoms with van der Waals surface area (Å²) in [5.41, 5.74) is -0.102. The molecule has 0 saturated carbocycles. The van der Waals surface area contributed by atoms with Gasteiger partial charge >= 0.3 is 0 Å². The number of nitrogens with one attached hydrogen (secondary N) is 1. The van der Waals surface area contributed by atoms with E-state index in [1.54, 1.807) is 0 Å². The second kappa shape index (κ2) is 7.38. The van der Waals surface area contributed by atoms with Gasteiger partial charge in [0.15, 0.2) is 11.6 Å². The normalized spacial score (nSPS) is 10.4. The van der Waals surface area contributed by atoms with Crippen molar-refractivity contribution in [2.24, 2.45) is 0 Å². The zero-order chi connectivity index (χ0) is 17.0. The van der Waals surface area contributed by atoms with Gasteiger partial charge in [0, 0.05) is 16.6 Å². The SMILES string of the molecule is O=C(CSc1ccc(F)c(F)c1)Nc1ccc(Cl)c([N+](=O)[O-])c1. The zero-order valence-corrected chi connectivity index (χ0v) is 13.0. The van der Waals surface area contributed by atoms with E-state index in [1.807, 2.05) is 0 Å². The van der Waals surface area contributed by atoms with Crippen LogP contribution in [0.5, 0.6) is 0 Å². The summed E-state index contributed by atoms with van der Waals surface area (Å²) in [7, 11) is 0. The molecular formula is C14H9ClF2N2O3S. The molecule has 9 heteroatoms. The molecule has 0 aliphatic rings. The molecule has 2 aromatic rings. The molecule has 1 N–H and O–H groups in total. The van der Waals surface area contributed by atoms with Crippen LogP contribution in [0.25, 0.3) is 0 Å². The first-order valence-corrected chi connectivity index (χ1v) is 7.55. The van der Waals surface area contributed by atoms with Crippen LogP contribution in [0.4, 0.5) is 20.2 Å². The Morgan fingerprint density at radius 2 is 1.96 bits per heavy atom. The standard InChI is InChI=1S/C14H9ClF2N2O3S/c15-10-3-1-8(5-13(10)19(21)22)18-14(20)7-23-9-2-4-11(16)12(17)6-9/h1-6H,7H2,(H,18,20). The van der Waals surface area contributed by atoms with Crippen LogP contribution >= 0.6 is 23.4 Å². The third-order valence-electron chi connectivity index (χ3n) is 2.69. The molecule has 5 nitrogen and oxygen atoms in total. The summed E-state index contributed by atoms with van der Waals surface area (Å²) in [5.74, 6) is -2.48. The number of amides is 1. The third kappa shape index (κ3) is 4.64. The minimum Gasteiger partial charge on any atom is -0.325 e. The molecule has 1 amide bonds. The molecule has 23 heavy (non-hydrogen) atoms. The highest BCUT2D eigenvalue weighted by Crippen LogP contribution is 2.27. The predicted octanol–water partition coefficient (Wildman–Crippen LogP) is 4.26. The van der Waals surface area contributed by atoms with Crippen molar-refractivity contribution in [3.63, 3.8) is 0 Å². The Labute approximate surface area is 138 Å². The lowest BCUT2D eigenvalue weighted by Crippen LogP contribution is -2.14. The molecule has 0 fully saturated rings. The van der Waals surface area contributed by atoms with Gasteiger partial charge in [-0.25, -0.2) is 8.78 Å². The third-order valence-corrected chi connectivity index (χ3v) is 4.00. The maximum absolute atomic E-state index is 13.0. The monoisotopic (exact) mass is 358 g/mol. The molecular weight excluding hydrogens is 350 g/mol. The molecule has 0 radical (unpaired) electrons. The number of thioether (sulfide) groups is 1. The largest absolute Gasteiger partial charge is 0.325 e. The number of rotatable bonds is 5. The van der Waals surface area contributed by atoms with Crippen molar-refractivity contribution < 1.29 is 18.5 Å². The lowest BCUT2D eigenvalue weighted by atomic mass is 10.3. The van der Waals surface area contributed by atoms with Gasteiger partial charge < -0.3 is 5.32 Å². The molecule has 0 saturated heterocycles. The molecule has 0 aromatic heterocycles. The van der Waals surface area contributed by atoms with Crippen molar-refractivity contribution in [2.45, 2.75) is 4.90 Å². The topological polar surface area (TPSA) is 72.2 Å². The summed E-state index contributed by atoms with van der Waals surface area (Å²) in [6.45, 7) is 0. The zero-order valence-electron chi connectivity index (χ0n) is 11.4. The van der Waals surface area contributed by atoms with Gasteiger partial charge in [-0.15, -0.1) is 11.8 Å². The molecule has 120 valence electrons. The van der Waals surface area contributed by atoms with Gasteiger partial charge in [0.05, 0.1) is 10.7 Å². The van der Waals surface area contributed by atoms with Gasteiger partial charge in [-0.05, 0) is 30.3 Å². The van der Waals surface area contributed by atoms with E-state index in [-0.39, 0.29) is 22.2 Å². The molecule has 0 heterocycles. The van der Waals surface area contributed by atoms with E-state index >= 15 is 0 Å². The summed E-state index contributed by atoms with van der Waals surface area (Å²) >= 11 is 6.68. The number of nitro groups is 1. The Morgan fingerprint density at radius 1 is 1.22 bits per heavy atom. The minimum absolute atomic E-state index is 0.0378. The molecule has 0 spiro atoms. The maximum Gasteiger partial charge on any atom is 0.289 e. The highest BCUT2D eigenvalue weighted by atomic mass is 35.5. The number of nitrogens with zero attached hydrogens (tertiary/aromatic N) is 1. The number of hydrogen-bond acceptors (Lipinski definition) is 4. The first kappa shape index (κ1) is 17.2. The Hall–Kier alpha value is -2.19. The van der Waals surface area contributed by atoms with Crippen LogP contribution in [-0.2, 0) is 4.79 Å². The van der Waals surface area contributed by atoms with Crippen LogP contribution in [0, 0.1) is 21.7 Å². The summed E-state index contributed by atoms with van der Waals surface area (Å²) in [6.07, 6.45) is 0. The van der Waals surface area contributed by atoms with E-state index in [1.165, 1.54) is 18.2 Å². The second-order valence-electron chi connectivity index (χ2n) is 4.34. The van der Waals surface area contributed by atoms with Crippen LogP contribution in [0.15, 0.2) is 41.3 Å². The van der Waals surface area contributed by atoms with Crippen molar-refractivity contribution in [1.82, 2.24) is 0 Å². The van der Waals surface area contributed by atoms with Gasteiger partial charge in [-0.2, -0.15) is 0 Å². The maximum atomic E-state index is 13.0. The number of anilines is 1. The highest BCUT2D eigenvalue weighted by Gasteiger charge is 2.14. The molecule has 0 aliphatic carbocycles. The van der Waals surface area contributed by atoms with E-state index in [4.69, 9.17) is 11.6 Å². The molecule has 2 rings (SSSR count). The van der Waals surface area contributed by atoms with Crippen LogP contribution < -0.4 is 5.32 Å². The van der Waals surface area contributed by atoms with Crippen molar-refractivity contribution in [2.75, 3.05) is 11.1 Å². The van der Waals surface area contributed by atoms with E-state index in [0.29, 0.717) is 4.90 Å². The second-order valence-corrected chi connectivity index (χ2v) is 5.79. The van der Waals surface area contributed by atoms with Gasteiger partial charge in [0.25, 0.3) is 5.69 Å². The average molecular weight is 359 g/mol. The Balaban J connectivity index is 1.98. The van der Waals surface area contributed by atoms with Gasteiger partial charge in [-0.1, -0.05) is 11.6 Å². The Kier molecular flexibility index (Phi) is 5.51. The lowest BCUT2D eigenvalue weighted by Gasteiger charge is -2.06. The summed E-state index contributed by atoms with van der Waals surface area (Å²) in [5, 5.41) is 13.2. The Bertz CT molecular complexity index is 774. The number of carbonyl (C=O) groups is 1. The Morgan fingerprint density at radius 3 is 2.61 bits per heavy atom. The average Bonchev–Trinajstić information content (AvgIpc) is 2.50. The highest BCUT2D eigenvalue weighted by molar-refractivity contribution is 8.00. The van der Waals surface area contributed by atoms with Crippen molar-refractivity contribution >= 4 is 40.6 Å². The van der Waals surface area contributed by atoms with Crippen LogP contribution in [0.3, 0.4) is 0 Å². The van der Waals surface area contributed by atoms with E-state index in [9.17, 15) is 23.7 Å². The van der Waals surface area contributed by atoms with Crippen LogP contribution in [0.1, 0.15) is 0 Å².